The molecule has 150 valence electrons. The van der Waals surface area contributed by atoms with E-state index in [0.717, 1.165) is 17.7 Å². The van der Waals surface area contributed by atoms with Crippen LogP contribution in [0, 0.1) is 5.82 Å². The zero-order valence-corrected chi connectivity index (χ0v) is 18.5. The molecular weight excluding hydrogens is 460 g/mol. The van der Waals surface area contributed by atoms with Crippen LogP contribution < -0.4 is 10.6 Å². The molecule has 1 aromatic carbocycles. The van der Waals surface area contributed by atoms with Gasteiger partial charge >= 0.3 is 0 Å². The number of halogens is 2. The number of methoxy groups -OCH3 is 1. The number of benzene rings is 1. The molecule has 2 rings (SSSR count). The third-order valence-electron chi connectivity index (χ3n) is 4.08. The molecule has 0 saturated heterocycles. The van der Waals surface area contributed by atoms with Gasteiger partial charge in [0.05, 0.1) is 19.4 Å². The summed E-state index contributed by atoms with van der Waals surface area (Å²) in [6, 6.07) is 10.5. The van der Waals surface area contributed by atoms with Crippen molar-refractivity contribution in [1.29, 1.82) is 0 Å². The van der Waals surface area contributed by atoms with Gasteiger partial charge < -0.3 is 19.8 Å². The van der Waals surface area contributed by atoms with Crippen LogP contribution in [0.2, 0.25) is 0 Å². The Morgan fingerprint density at radius 2 is 1.96 bits per heavy atom. The van der Waals surface area contributed by atoms with E-state index in [1.807, 2.05) is 18.2 Å². The summed E-state index contributed by atoms with van der Waals surface area (Å²) in [6.45, 7) is 6.59. The van der Waals surface area contributed by atoms with Gasteiger partial charge in [-0.1, -0.05) is 26.0 Å². The molecule has 5 nitrogen and oxygen atoms in total. The van der Waals surface area contributed by atoms with Gasteiger partial charge in [0.2, 0.25) is 0 Å². The fourth-order valence-electron chi connectivity index (χ4n) is 2.48. The van der Waals surface area contributed by atoms with E-state index in [-0.39, 0.29) is 35.2 Å². The van der Waals surface area contributed by atoms with Crippen LogP contribution >= 0.6 is 24.0 Å². The largest absolute Gasteiger partial charge is 0.469 e. The topological polar surface area (TPSA) is 58.8 Å². The Morgan fingerprint density at radius 3 is 2.63 bits per heavy atom. The van der Waals surface area contributed by atoms with E-state index in [4.69, 9.17) is 9.15 Å². The Morgan fingerprint density at radius 1 is 1.19 bits per heavy atom. The number of hydrogen-bond acceptors (Lipinski definition) is 3. The average Bonchev–Trinajstić information content (AvgIpc) is 3.13. The first-order valence-corrected chi connectivity index (χ1v) is 8.81. The van der Waals surface area contributed by atoms with E-state index in [1.54, 1.807) is 25.5 Å². The number of guanidine groups is 1. The zero-order valence-electron chi connectivity index (χ0n) is 16.1. The van der Waals surface area contributed by atoms with Gasteiger partial charge in [0.1, 0.15) is 11.6 Å². The van der Waals surface area contributed by atoms with Crippen molar-refractivity contribution in [2.75, 3.05) is 33.4 Å². The highest BCUT2D eigenvalue weighted by atomic mass is 127. The molecule has 7 heteroatoms. The number of furan rings is 1. The minimum Gasteiger partial charge on any atom is -0.469 e. The molecule has 1 aromatic heterocycles. The van der Waals surface area contributed by atoms with Crippen molar-refractivity contribution in [2.24, 2.45) is 4.99 Å². The maximum Gasteiger partial charge on any atom is 0.191 e. The summed E-state index contributed by atoms with van der Waals surface area (Å²) in [5.74, 6) is 1.40. The summed E-state index contributed by atoms with van der Waals surface area (Å²) in [6.07, 6.45) is 2.44. The Kier molecular flexibility index (Phi) is 10.4. The molecule has 0 aliphatic rings. The van der Waals surface area contributed by atoms with Gasteiger partial charge in [-0.15, -0.1) is 24.0 Å². The van der Waals surface area contributed by atoms with Crippen molar-refractivity contribution >= 4 is 29.9 Å². The summed E-state index contributed by atoms with van der Waals surface area (Å²) in [5, 5.41) is 6.55. The predicted octanol–water partition coefficient (Wildman–Crippen LogP) is 3.74. The number of ether oxygens (including phenoxy) is 1. The molecule has 0 radical (unpaired) electrons. The van der Waals surface area contributed by atoms with E-state index >= 15 is 0 Å². The molecule has 0 amide bonds. The Balaban J connectivity index is 0.00000364. The molecule has 0 aliphatic heterocycles. The van der Waals surface area contributed by atoms with E-state index < -0.39 is 0 Å². The van der Waals surface area contributed by atoms with Crippen LogP contribution in [-0.4, -0.2) is 39.3 Å². The second-order valence-corrected chi connectivity index (χ2v) is 6.73. The van der Waals surface area contributed by atoms with Crippen LogP contribution in [-0.2, 0) is 16.6 Å². The number of rotatable bonds is 9. The number of aliphatic imine (C=N–C) groups is 1. The van der Waals surface area contributed by atoms with Crippen LogP contribution in [0.25, 0.3) is 0 Å². The molecule has 0 fully saturated rings. The maximum atomic E-state index is 13.5. The Hall–Kier alpha value is -1.61. The standard InChI is InChI=1S/C20H28FN3O2.HI/c1-20(2,16-6-4-7-17(21)14-16)15-24-19(23-11-13-25-3)22-10-9-18-8-5-12-26-18;/h4-8,12,14H,9-11,13,15H2,1-3H3,(H2,22,23,24);1H. The summed E-state index contributed by atoms with van der Waals surface area (Å²) in [5.41, 5.74) is 0.645. The van der Waals surface area contributed by atoms with Crippen molar-refractivity contribution in [2.45, 2.75) is 25.7 Å². The zero-order chi connectivity index (χ0) is 18.8. The smallest absolute Gasteiger partial charge is 0.191 e. The van der Waals surface area contributed by atoms with Crippen LogP contribution in [0.15, 0.2) is 52.1 Å². The van der Waals surface area contributed by atoms with Gasteiger partial charge in [-0.05, 0) is 29.8 Å². The summed E-state index contributed by atoms with van der Waals surface area (Å²) < 4.78 is 23.9. The fraction of sp³-hybridized carbons (Fsp3) is 0.450. The highest BCUT2D eigenvalue weighted by Gasteiger charge is 2.21. The molecular formula is C20H29FIN3O2. The van der Waals surface area contributed by atoms with Crippen LogP contribution in [0.3, 0.4) is 0 Å². The minimum atomic E-state index is -0.279. The molecule has 0 atom stereocenters. The lowest BCUT2D eigenvalue weighted by molar-refractivity contribution is 0.203. The first-order chi connectivity index (χ1) is 12.5. The minimum absolute atomic E-state index is 0. The molecule has 1 heterocycles. The highest BCUT2D eigenvalue weighted by Crippen LogP contribution is 2.24. The Bertz CT molecular complexity index is 690. The van der Waals surface area contributed by atoms with Gasteiger partial charge in [-0.2, -0.15) is 0 Å². The molecule has 0 saturated carbocycles. The average molecular weight is 489 g/mol. The molecule has 27 heavy (non-hydrogen) atoms. The quantitative estimate of drug-likeness (QED) is 0.244. The van der Waals surface area contributed by atoms with E-state index in [1.165, 1.54) is 6.07 Å². The van der Waals surface area contributed by atoms with Gasteiger partial charge in [0, 0.05) is 32.0 Å². The van der Waals surface area contributed by atoms with E-state index in [9.17, 15) is 4.39 Å². The summed E-state index contributed by atoms with van der Waals surface area (Å²) >= 11 is 0. The first-order valence-electron chi connectivity index (χ1n) is 8.81. The molecule has 0 unspecified atom stereocenters. The monoisotopic (exact) mass is 489 g/mol. The lowest BCUT2D eigenvalue weighted by Crippen LogP contribution is -2.41. The van der Waals surface area contributed by atoms with E-state index in [2.05, 4.69) is 29.5 Å². The van der Waals surface area contributed by atoms with Crippen molar-refractivity contribution in [3.63, 3.8) is 0 Å². The third-order valence-corrected chi connectivity index (χ3v) is 4.08. The number of nitrogens with one attached hydrogen (secondary N) is 2. The van der Waals surface area contributed by atoms with Crippen molar-refractivity contribution < 1.29 is 13.5 Å². The fourth-order valence-corrected chi connectivity index (χ4v) is 2.48. The maximum absolute atomic E-state index is 13.5. The second-order valence-electron chi connectivity index (χ2n) is 6.73. The van der Waals surface area contributed by atoms with Crippen molar-refractivity contribution in [3.8, 4) is 0 Å². The normalized spacial score (nSPS) is 11.8. The van der Waals surface area contributed by atoms with Crippen molar-refractivity contribution in [1.82, 2.24) is 10.6 Å². The summed E-state index contributed by atoms with van der Waals surface area (Å²) in [7, 11) is 1.66. The predicted molar refractivity (Wildman–Crippen MR) is 117 cm³/mol. The molecule has 0 spiro atoms. The van der Waals surface area contributed by atoms with Crippen LogP contribution in [0.5, 0.6) is 0 Å². The first kappa shape index (κ1) is 23.4. The Labute approximate surface area is 177 Å². The van der Waals surface area contributed by atoms with Crippen LogP contribution in [0.1, 0.15) is 25.2 Å². The number of hydrogen-bond donors (Lipinski definition) is 2. The molecule has 2 N–H and O–H groups in total. The van der Waals surface area contributed by atoms with Crippen LogP contribution in [0.4, 0.5) is 4.39 Å². The lowest BCUT2D eigenvalue weighted by atomic mass is 9.85. The second kappa shape index (κ2) is 12.0. The number of nitrogens with zero attached hydrogens (tertiary/aromatic N) is 1. The van der Waals surface area contributed by atoms with Crippen molar-refractivity contribution in [3.05, 3.63) is 59.8 Å². The SMILES string of the molecule is COCCNC(=NCC(C)(C)c1cccc(F)c1)NCCc1ccco1.I. The third kappa shape index (κ3) is 8.30. The lowest BCUT2D eigenvalue weighted by Gasteiger charge is -2.24. The van der Waals surface area contributed by atoms with Gasteiger partial charge in [0.15, 0.2) is 5.96 Å². The molecule has 2 aromatic rings. The van der Waals surface area contributed by atoms with Gasteiger partial charge in [0.25, 0.3) is 0 Å². The summed E-state index contributed by atoms with van der Waals surface area (Å²) in [4.78, 5) is 4.68. The molecule has 0 bridgehead atoms. The highest BCUT2D eigenvalue weighted by molar-refractivity contribution is 14.0. The molecule has 0 aliphatic carbocycles. The van der Waals surface area contributed by atoms with Gasteiger partial charge in [-0.25, -0.2) is 4.39 Å². The van der Waals surface area contributed by atoms with Gasteiger partial charge in [-0.3, -0.25) is 4.99 Å². The van der Waals surface area contributed by atoms with E-state index in [0.29, 0.717) is 32.2 Å².